The smallest absolute Gasteiger partial charge is 0.312 e. The SMILES string of the molecule is Nc1ccc(CNc2nc(F)nc3c2ncn3C2CCO2)cc1. The summed E-state index contributed by atoms with van der Waals surface area (Å²) in [5.74, 6) is 0.363. The van der Waals surface area contributed by atoms with Crippen LogP contribution >= 0.6 is 0 Å². The maximum Gasteiger partial charge on any atom is 0.312 e. The summed E-state index contributed by atoms with van der Waals surface area (Å²) in [6.45, 7) is 1.18. The van der Waals surface area contributed by atoms with Gasteiger partial charge in [0, 0.05) is 18.7 Å². The van der Waals surface area contributed by atoms with Crippen LogP contribution in [0.3, 0.4) is 0 Å². The molecule has 1 saturated heterocycles. The molecule has 1 aromatic carbocycles. The summed E-state index contributed by atoms with van der Waals surface area (Å²) < 4.78 is 20.9. The van der Waals surface area contributed by atoms with Crippen molar-refractivity contribution in [3.8, 4) is 0 Å². The number of halogens is 1. The van der Waals surface area contributed by atoms with Gasteiger partial charge >= 0.3 is 6.08 Å². The Labute approximate surface area is 131 Å². The van der Waals surface area contributed by atoms with Crippen LogP contribution in [0.4, 0.5) is 15.9 Å². The molecular formula is C15H15FN6O. The minimum Gasteiger partial charge on any atom is -0.399 e. The third kappa shape index (κ3) is 2.57. The molecule has 8 heteroatoms. The van der Waals surface area contributed by atoms with E-state index >= 15 is 0 Å². The molecule has 0 aliphatic carbocycles. The van der Waals surface area contributed by atoms with Gasteiger partial charge in [-0.15, -0.1) is 0 Å². The van der Waals surface area contributed by atoms with Gasteiger partial charge in [-0.2, -0.15) is 14.4 Å². The molecule has 3 heterocycles. The van der Waals surface area contributed by atoms with Gasteiger partial charge in [0.05, 0.1) is 12.9 Å². The van der Waals surface area contributed by atoms with Crippen molar-refractivity contribution in [1.82, 2.24) is 19.5 Å². The van der Waals surface area contributed by atoms with E-state index in [4.69, 9.17) is 10.5 Å². The molecule has 1 unspecified atom stereocenters. The zero-order chi connectivity index (χ0) is 15.8. The van der Waals surface area contributed by atoms with Crippen LogP contribution in [0.1, 0.15) is 18.2 Å². The maximum atomic E-state index is 13.8. The molecule has 0 saturated carbocycles. The third-order valence-electron chi connectivity index (χ3n) is 3.82. The molecule has 23 heavy (non-hydrogen) atoms. The standard InChI is InChI=1S/C15H15FN6O/c16-15-20-13(18-7-9-1-3-10(17)4-2-9)12-14(21-15)22(8-19-12)11-5-6-23-11/h1-4,8,11H,5-7,17H2,(H,18,20,21). The van der Waals surface area contributed by atoms with Crippen molar-refractivity contribution in [3.63, 3.8) is 0 Å². The Kier molecular flexibility index (Phi) is 3.30. The number of nitrogens with two attached hydrogens (primary N) is 1. The number of fused-ring (bicyclic) bond motifs is 1. The fraction of sp³-hybridized carbons (Fsp3) is 0.267. The van der Waals surface area contributed by atoms with Crippen LogP contribution in [0, 0.1) is 6.08 Å². The Bertz CT molecular complexity index is 843. The highest BCUT2D eigenvalue weighted by atomic mass is 19.1. The van der Waals surface area contributed by atoms with Gasteiger partial charge in [0.1, 0.15) is 6.23 Å². The zero-order valence-electron chi connectivity index (χ0n) is 12.2. The van der Waals surface area contributed by atoms with E-state index in [0.717, 1.165) is 12.0 Å². The first-order chi connectivity index (χ1) is 11.2. The Morgan fingerprint density at radius 1 is 1.30 bits per heavy atom. The van der Waals surface area contributed by atoms with Gasteiger partial charge < -0.3 is 15.8 Å². The predicted molar refractivity (Wildman–Crippen MR) is 83.1 cm³/mol. The first kappa shape index (κ1) is 13.9. The van der Waals surface area contributed by atoms with Crippen LogP contribution in [0.5, 0.6) is 0 Å². The molecule has 2 aromatic heterocycles. The molecule has 7 nitrogen and oxygen atoms in total. The normalized spacial score (nSPS) is 17.2. The van der Waals surface area contributed by atoms with Gasteiger partial charge in [0.15, 0.2) is 17.0 Å². The molecule has 0 bridgehead atoms. The van der Waals surface area contributed by atoms with Gasteiger partial charge in [-0.3, -0.25) is 4.57 Å². The van der Waals surface area contributed by atoms with Crippen LogP contribution in [-0.2, 0) is 11.3 Å². The lowest BCUT2D eigenvalue weighted by Crippen LogP contribution is -2.24. The summed E-state index contributed by atoms with van der Waals surface area (Å²) in [5, 5.41) is 3.10. The molecule has 0 radical (unpaired) electrons. The van der Waals surface area contributed by atoms with Crippen molar-refractivity contribution >= 4 is 22.7 Å². The second kappa shape index (κ2) is 5.47. The number of rotatable bonds is 4. The first-order valence-corrected chi connectivity index (χ1v) is 7.30. The molecule has 0 spiro atoms. The second-order valence-corrected chi connectivity index (χ2v) is 5.37. The fourth-order valence-corrected chi connectivity index (χ4v) is 2.49. The molecule has 118 valence electrons. The number of nitrogens with one attached hydrogen (secondary N) is 1. The van der Waals surface area contributed by atoms with Gasteiger partial charge in [-0.05, 0) is 17.7 Å². The van der Waals surface area contributed by atoms with Gasteiger partial charge in [-0.25, -0.2) is 4.98 Å². The molecule has 1 aliphatic rings. The molecule has 0 amide bonds. The fourth-order valence-electron chi connectivity index (χ4n) is 2.49. The van der Waals surface area contributed by atoms with E-state index in [1.165, 1.54) is 0 Å². The molecule has 3 N–H and O–H groups in total. The van der Waals surface area contributed by atoms with Crippen molar-refractivity contribution in [1.29, 1.82) is 0 Å². The number of hydrogen-bond donors (Lipinski definition) is 2. The van der Waals surface area contributed by atoms with Crippen LogP contribution in [0.2, 0.25) is 0 Å². The summed E-state index contributed by atoms with van der Waals surface area (Å²) in [6, 6.07) is 7.43. The maximum absolute atomic E-state index is 13.8. The number of aromatic nitrogens is 4. The molecule has 1 fully saturated rings. The molecule has 3 aromatic rings. The van der Waals surface area contributed by atoms with Gasteiger partial charge in [0.25, 0.3) is 0 Å². The highest BCUT2D eigenvalue weighted by molar-refractivity contribution is 5.82. The summed E-state index contributed by atoms with van der Waals surface area (Å²) in [6.07, 6.45) is 1.56. The number of hydrogen-bond acceptors (Lipinski definition) is 6. The van der Waals surface area contributed by atoms with E-state index in [0.29, 0.717) is 35.8 Å². The summed E-state index contributed by atoms with van der Waals surface area (Å²) in [4.78, 5) is 12.0. The largest absolute Gasteiger partial charge is 0.399 e. The van der Waals surface area contributed by atoms with Gasteiger partial charge in [0.2, 0.25) is 0 Å². The van der Waals surface area contributed by atoms with E-state index in [9.17, 15) is 4.39 Å². The number of nitrogen functional groups attached to an aromatic ring is 1. The lowest BCUT2D eigenvalue weighted by Gasteiger charge is -2.27. The Morgan fingerprint density at radius 2 is 2.09 bits per heavy atom. The van der Waals surface area contributed by atoms with E-state index in [-0.39, 0.29) is 6.23 Å². The average molecular weight is 314 g/mol. The van der Waals surface area contributed by atoms with Crippen LogP contribution < -0.4 is 11.1 Å². The lowest BCUT2D eigenvalue weighted by molar-refractivity contribution is -0.0974. The van der Waals surface area contributed by atoms with Crippen molar-refractivity contribution in [2.75, 3.05) is 17.7 Å². The minimum atomic E-state index is -0.793. The van der Waals surface area contributed by atoms with Crippen LogP contribution in [0.25, 0.3) is 11.2 Å². The predicted octanol–water partition coefficient (Wildman–Crippen LogP) is 2.08. The number of anilines is 2. The van der Waals surface area contributed by atoms with E-state index < -0.39 is 6.08 Å². The number of imidazole rings is 1. The molecule has 1 aliphatic heterocycles. The summed E-state index contributed by atoms with van der Waals surface area (Å²) >= 11 is 0. The van der Waals surface area contributed by atoms with Crippen molar-refractivity contribution in [3.05, 3.63) is 42.2 Å². The van der Waals surface area contributed by atoms with Crippen LogP contribution in [0.15, 0.2) is 30.6 Å². The Balaban J connectivity index is 1.63. The van der Waals surface area contributed by atoms with E-state index in [1.54, 1.807) is 10.9 Å². The Hall–Kier alpha value is -2.74. The van der Waals surface area contributed by atoms with Crippen molar-refractivity contribution in [2.24, 2.45) is 0 Å². The Morgan fingerprint density at radius 3 is 2.78 bits per heavy atom. The van der Waals surface area contributed by atoms with E-state index in [2.05, 4.69) is 20.3 Å². The molecular weight excluding hydrogens is 299 g/mol. The van der Waals surface area contributed by atoms with Crippen molar-refractivity contribution < 1.29 is 9.13 Å². The third-order valence-corrected chi connectivity index (χ3v) is 3.82. The topological polar surface area (TPSA) is 90.9 Å². The monoisotopic (exact) mass is 314 g/mol. The highest BCUT2D eigenvalue weighted by Gasteiger charge is 2.24. The average Bonchev–Trinajstić information content (AvgIpc) is 2.88. The highest BCUT2D eigenvalue weighted by Crippen LogP contribution is 2.28. The summed E-state index contributed by atoms with van der Waals surface area (Å²) in [7, 11) is 0. The quantitative estimate of drug-likeness (QED) is 0.566. The number of ether oxygens (including phenoxy) is 1. The first-order valence-electron chi connectivity index (χ1n) is 7.30. The van der Waals surface area contributed by atoms with Gasteiger partial charge in [-0.1, -0.05) is 12.1 Å². The van der Waals surface area contributed by atoms with Crippen LogP contribution in [-0.4, -0.2) is 26.1 Å². The zero-order valence-corrected chi connectivity index (χ0v) is 12.2. The summed E-state index contributed by atoms with van der Waals surface area (Å²) in [5.41, 5.74) is 8.33. The van der Waals surface area contributed by atoms with Crippen molar-refractivity contribution in [2.45, 2.75) is 19.2 Å². The minimum absolute atomic E-state index is 0.126. The van der Waals surface area contributed by atoms with E-state index in [1.807, 2.05) is 24.3 Å². The second-order valence-electron chi connectivity index (χ2n) is 5.37. The number of nitrogens with zero attached hydrogens (tertiary/aromatic N) is 4. The molecule has 4 rings (SSSR count). The number of benzene rings is 1. The lowest BCUT2D eigenvalue weighted by atomic mass is 10.2. The molecule has 1 atom stereocenters.